The first kappa shape index (κ1) is 27.8. The highest BCUT2D eigenvalue weighted by molar-refractivity contribution is 5.91. The van der Waals surface area contributed by atoms with Crippen LogP contribution < -0.4 is 5.73 Å². The summed E-state index contributed by atoms with van der Waals surface area (Å²) < 4.78 is 44.6. The van der Waals surface area contributed by atoms with E-state index in [9.17, 15) is 4.79 Å². The van der Waals surface area contributed by atoms with Crippen LogP contribution in [0.25, 0.3) is 22.1 Å². The van der Waals surface area contributed by atoms with E-state index in [4.69, 9.17) is 15.2 Å². The van der Waals surface area contributed by atoms with Crippen molar-refractivity contribution in [1.82, 2.24) is 34.2 Å². The second kappa shape index (κ2) is 10.3. The van der Waals surface area contributed by atoms with Gasteiger partial charge in [0, 0.05) is 19.0 Å². The molecule has 1 fully saturated rings. The topological polar surface area (TPSA) is 126 Å². The number of allylic oxidation sites excluding steroid dienone is 1. The number of imidazole rings is 1. The minimum absolute atomic E-state index is 0.0407. The summed E-state index contributed by atoms with van der Waals surface area (Å²) in [5.74, 6) is 4.37. The van der Waals surface area contributed by atoms with Crippen molar-refractivity contribution in [3.63, 3.8) is 0 Å². The van der Waals surface area contributed by atoms with Gasteiger partial charge >= 0.3 is 6.09 Å². The van der Waals surface area contributed by atoms with Crippen LogP contribution in [-0.2, 0) is 16.0 Å². The number of aromatic nitrogens is 6. The molecule has 1 saturated heterocycles. The number of benzene rings is 1. The van der Waals surface area contributed by atoms with Crippen molar-refractivity contribution >= 4 is 34.0 Å². The molecule has 11 nitrogen and oxygen atoms in total. The Labute approximate surface area is 234 Å². The van der Waals surface area contributed by atoms with Crippen LogP contribution in [0, 0.1) is 30.4 Å². The molecule has 1 aromatic carbocycles. The number of likely N-dealkylation sites (tertiary alicyclic amines) is 1. The highest BCUT2D eigenvalue weighted by Gasteiger charge is 2.37. The van der Waals surface area contributed by atoms with Crippen LogP contribution in [-0.4, -0.2) is 59.5 Å². The molecule has 1 atom stereocenters. The summed E-state index contributed by atoms with van der Waals surface area (Å²) in [7, 11) is 1.49. The van der Waals surface area contributed by atoms with Crippen LogP contribution in [0.1, 0.15) is 57.2 Å². The van der Waals surface area contributed by atoms with Crippen molar-refractivity contribution in [2.45, 2.75) is 59.2 Å². The summed E-state index contributed by atoms with van der Waals surface area (Å²) in [5.41, 5.74) is 6.54. The van der Waals surface area contributed by atoms with Gasteiger partial charge in [0.25, 0.3) is 0 Å². The molecule has 41 heavy (non-hydrogen) atoms. The molecule has 4 heterocycles. The first-order valence-electron chi connectivity index (χ1n) is 13.0. The molecular formula is C28H30F2N8O3. The number of halogens is 2. The van der Waals surface area contributed by atoms with E-state index in [2.05, 4.69) is 31.9 Å². The lowest BCUT2D eigenvalue weighted by molar-refractivity contribution is 0.0326. The zero-order valence-corrected chi connectivity index (χ0v) is 23.6. The minimum atomic E-state index is -0.853. The maximum absolute atomic E-state index is 15.4. The molecule has 0 bridgehead atoms. The zero-order chi connectivity index (χ0) is 29.6. The molecule has 5 rings (SSSR count). The Bertz CT molecular complexity index is 1770. The molecular weight excluding hydrogens is 534 g/mol. The number of hydrogen-bond donors (Lipinski definition) is 1. The quantitative estimate of drug-likeness (QED) is 0.286. The standard InChI is InChI=1S/C28H30F2N8O3/c1-7-36-15(2)34-24-21(36)11-19(29)18(23(24)30)8-9-20-22-25(31)32-14-33-26(22)38(35-20)16-10-17(13-40-6)37(12-16)27(39)41-28(3,4)5/h11,13-14,16H,7,10,12H2,1-6H3,(H2,31,32,33)/b17-13+/t16-/m0/s1. The number of fused-ring (bicyclic) bond motifs is 2. The highest BCUT2D eigenvalue weighted by atomic mass is 19.1. The van der Waals surface area contributed by atoms with Crippen LogP contribution in [0.15, 0.2) is 24.4 Å². The fourth-order valence-electron chi connectivity index (χ4n) is 4.94. The number of anilines is 1. The summed E-state index contributed by atoms with van der Waals surface area (Å²) >= 11 is 0. The van der Waals surface area contributed by atoms with Crippen LogP contribution in [0.2, 0.25) is 0 Å². The molecule has 0 radical (unpaired) electrons. The van der Waals surface area contributed by atoms with Crippen LogP contribution in [0.5, 0.6) is 0 Å². The first-order chi connectivity index (χ1) is 19.4. The molecule has 1 aliphatic heterocycles. The van der Waals surface area contributed by atoms with Crippen molar-refractivity contribution in [3.8, 4) is 11.8 Å². The number of nitrogen functional groups attached to an aromatic ring is 1. The fraction of sp³-hybridized carbons (Fsp3) is 0.393. The Balaban J connectivity index is 1.57. The molecule has 0 spiro atoms. The van der Waals surface area contributed by atoms with Crippen LogP contribution >= 0.6 is 0 Å². The van der Waals surface area contributed by atoms with Gasteiger partial charge in [-0.25, -0.2) is 33.2 Å². The van der Waals surface area contributed by atoms with Gasteiger partial charge in [0.05, 0.1) is 41.9 Å². The lowest BCUT2D eigenvalue weighted by Gasteiger charge is -2.25. The van der Waals surface area contributed by atoms with E-state index in [0.717, 1.165) is 0 Å². The second-order valence-electron chi connectivity index (χ2n) is 10.6. The number of amides is 1. The molecule has 1 amide bonds. The number of carbonyl (C=O) groups is 1. The number of rotatable bonds is 3. The zero-order valence-electron chi connectivity index (χ0n) is 23.6. The van der Waals surface area contributed by atoms with Gasteiger partial charge < -0.3 is 19.8 Å². The smallest absolute Gasteiger partial charge is 0.414 e. The van der Waals surface area contributed by atoms with Crippen molar-refractivity contribution in [3.05, 3.63) is 53.1 Å². The molecule has 0 unspecified atom stereocenters. The van der Waals surface area contributed by atoms with E-state index in [0.29, 0.717) is 41.0 Å². The molecule has 3 aromatic heterocycles. The lowest BCUT2D eigenvalue weighted by atomic mass is 10.1. The monoisotopic (exact) mass is 564 g/mol. The SMILES string of the molecule is CCn1c(C)nc2c(F)c(C#Cc3nn([C@H]4C/C(=C\OC)N(C(=O)OC(C)(C)C)C4)c4ncnc(N)c34)c(F)cc21. The number of methoxy groups -OCH3 is 1. The third-order valence-electron chi connectivity index (χ3n) is 6.67. The number of nitrogens with two attached hydrogens (primary N) is 1. The van der Waals surface area contributed by atoms with Gasteiger partial charge in [-0.1, -0.05) is 5.92 Å². The average molecular weight is 565 g/mol. The fourth-order valence-corrected chi connectivity index (χ4v) is 4.94. The van der Waals surface area contributed by atoms with Crippen molar-refractivity contribution in [2.24, 2.45) is 0 Å². The Kier molecular flexibility index (Phi) is 7.02. The maximum Gasteiger partial charge on any atom is 0.414 e. The number of carbonyl (C=O) groups excluding carboxylic acids is 1. The van der Waals surface area contributed by atoms with E-state index in [1.807, 2.05) is 6.92 Å². The number of aryl methyl sites for hydroxylation is 2. The van der Waals surface area contributed by atoms with Gasteiger partial charge in [0.2, 0.25) is 0 Å². The summed E-state index contributed by atoms with van der Waals surface area (Å²) in [5, 5.41) is 4.95. The van der Waals surface area contributed by atoms with Gasteiger partial charge in [-0.05, 0) is 40.5 Å². The molecule has 4 aromatic rings. The van der Waals surface area contributed by atoms with Crippen LogP contribution in [0.4, 0.5) is 19.4 Å². The van der Waals surface area contributed by atoms with E-state index < -0.39 is 28.9 Å². The number of nitrogens with zero attached hydrogens (tertiary/aromatic N) is 7. The molecule has 0 aliphatic carbocycles. The molecule has 1 aliphatic rings. The molecule has 214 valence electrons. The Hall–Kier alpha value is -4.73. The predicted molar refractivity (Wildman–Crippen MR) is 147 cm³/mol. The average Bonchev–Trinajstić information content (AvgIpc) is 3.57. The third kappa shape index (κ3) is 5.01. The van der Waals surface area contributed by atoms with E-state index in [-0.39, 0.29) is 29.6 Å². The van der Waals surface area contributed by atoms with Crippen LogP contribution in [0.3, 0.4) is 0 Å². The van der Waals surface area contributed by atoms with Gasteiger partial charge in [-0.15, -0.1) is 0 Å². The predicted octanol–water partition coefficient (Wildman–Crippen LogP) is 4.43. The first-order valence-corrected chi connectivity index (χ1v) is 13.0. The molecule has 2 N–H and O–H groups in total. The number of ether oxygens (including phenoxy) is 2. The van der Waals surface area contributed by atoms with Gasteiger partial charge in [0.15, 0.2) is 11.5 Å². The van der Waals surface area contributed by atoms with E-state index in [1.165, 1.54) is 30.7 Å². The molecule has 0 saturated carbocycles. The second-order valence-corrected chi connectivity index (χ2v) is 10.6. The minimum Gasteiger partial charge on any atom is -0.503 e. The van der Waals surface area contributed by atoms with Gasteiger partial charge in [-0.2, -0.15) is 5.10 Å². The Morgan fingerprint density at radius 1 is 1.27 bits per heavy atom. The van der Waals surface area contributed by atoms with E-state index >= 15 is 8.78 Å². The van der Waals surface area contributed by atoms with Crippen molar-refractivity contribution in [1.29, 1.82) is 0 Å². The summed E-state index contributed by atoms with van der Waals surface area (Å²) in [4.78, 5) is 27.1. The summed E-state index contributed by atoms with van der Waals surface area (Å²) in [6, 6.07) is 0.843. The number of hydrogen-bond acceptors (Lipinski definition) is 8. The normalized spacial score (nSPS) is 16.4. The maximum atomic E-state index is 15.4. The van der Waals surface area contributed by atoms with Gasteiger partial charge in [-0.3, -0.25) is 4.90 Å². The van der Waals surface area contributed by atoms with Crippen molar-refractivity contribution < 1.29 is 23.0 Å². The third-order valence-corrected chi connectivity index (χ3v) is 6.67. The summed E-state index contributed by atoms with van der Waals surface area (Å²) in [6.45, 7) is 9.67. The Morgan fingerprint density at radius 3 is 2.71 bits per heavy atom. The Morgan fingerprint density at radius 2 is 2.02 bits per heavy atom. The largest absolute Gasteiger partial charge is 0.503 e. The summed E-state index contributed by atoms with van der Waals surface area (Å²) in [6.07, 6.45) is 2.60. The molecule has 13 heteroatoms. The van der Waals surface area contributed by atoms with Gasteiger partial charge in [0.1, 0.15) is 46.9 Å². The highest BCUT2D eigenvalue weighted by Crippen LogP contribution is 2.34. The van der Waals surface area contributed by atoms with Crippen molar-refractivity contribution in [2.75, 3.05) is 19.4 Å². The lowest BCUT2D eigenvalue weighted by Crippen LogP contribution is -2.35. The van der Waals surface area contributed by atoms with E-state index in [1.54, 1.807) is 36.9 Å².